The molecule has 3 aromatic carbocycles. The minimum absolute atomic E-state index is 0.251. The molecule has 182 valence electrons. The van der Waals surface area contributed by atoms with Gasteiger partial charge in [-0.1, -0.05) is 36.4 Å². The number of allylic oxidation sites excluding steroid dienone is 2. The number of fused-ring (bicyclic) bond motifs is 2. The highest BCUT2D eigenvalue weighted by Gasteiger charge is 2.24. The van der Waals surface area contributed by atoms with Crippen LogP contribution >= 0.6 is 11.6 Å². The standard InChI is InChI=1S/C29H24ClF2N3O/c30-15-16-35-26-4-2-1-3-24(26)28(20-7-12-23(32)13-8-20)34-25-17-21(9-14-27(25)35)29(36)33-18-19-5-10-22(31)11-6-19/h1-10,12-14,17,22H,11,15-16,18H2,(H,33,36). The van der Waals surface area contributed by atoms with Crippen molar-refractivity contribution in [1.82, 2.24) is 5.32 Å². The van der Waals surface area contributed by atoms with Crippen molar-refractivity contribution in [3.05, 3.63) is 113 Å². The van der Waals surface area contributed by atoms with E-state index in [4.69, 9.17) is 16.6 Å². The van der Waals surface area contributed by atoms with Crippen LogP contribution in [0.3, 0.4) is 0 Å². The number of carbonyl (C=O) groups is 1. The quantitative estimate of drug-likeness (QED) is 0.383. The summed E-state index contributed by atoms with van der Waals surface area (Å²) in [5.41, 5.74) is 6.02. The minimum Gasteiger partial charge on any atom is -0.348 e. The van der Waals surface area contributed by atoms with Gasteiger partial charge in [0.2, 0.25) is 0 Å². The predicted molar refractivity (Wildman–Crippen MR) is 141 cm³/mol. The normalized spacial score (nSPS) is 16.4. The fraction of sp³-hybridized carbons (Fsp3) is 0.172. The second-order valence-electron chi connectivity index (χ2n) is 8.60. The predicted octanol–water partition coefficient (Wildman–Crippen LogP) is 6.64. The first-order valence-electron chi connectivity index (χ1n) is 11.7. The largest absolute Gasteiger partial charge is 0.348 e. The summed E-state index contributed by atoms with van der Waals surface area (Å²) < 4.78 is 27.0. The molecule has 0 spiro atoms. The summed E-state index contributed by atoms with van der Waals surface area (Å²) in [5, 5.41) is 2.90. The van der Waals surface area contributed by atoms with Gasteiger partial charge in [0.25, 0.3) is 5.91 Å². The zero-order chi connectivity index (χ0) is 25.1. The van der Waals surface area contributed by atoms with E-state index in [1.807, 2.05) is 30.3 Å². The van der Waals surface area contributed by atoms with E-state index in [-0.39, 0.29) is 11.7 Å². The third-order valence-corrected chi connectivity index (χ3v) is 6.38. The molecule has 0 saturated carbocycles. The fourth-order valence-corrected chi connectivity index (χ4v) is 4.58. The van der Waals surface area contributed by atoms with Crippen LogP contribution in [-0.4, -0.2) is 36.8 Å². The average molecular weight is 504 g/mol. The molecule has 1 atom stereocenters. The topological polar surface area (TPSA) is 44.7 Å². The summed E-state index contributed by atoms with van der Waals surface area (Å²) in [7, 11) is 0. The zero-order valence-corrected chi connectivity index (χ0v) is 20.2. The molecule has 1 unspecified atom stereocenters. The number of halogens is 3. The lowest BCUT2D eigenvalue weighted by atomic mass is 10.00. The number of amides is 1. The van der Waals surface area contributed by atoms with Crippen molar-refractivity contribution >= 4 is 40.3 Å². The lowest BCUT2D eigenvalue weighted by Gasteiger charge is -2.26. The molecule has 0 aromatic heterocycles. The van der Waals surface area contributed by atoms with Crippen molar-refractivity contribution in [3.63, 3.8) is 0 Å². The number of hydrogen-bond acceptors (Lipinski definition) is 3. The SMILES string of the molecule is O=C(NCC1=CCC(F)C=C1)c1ccc2c(c1)N=C(c1ccc(F)cc1)c1ccccc1N2CCCl. The molecule has 1 aliphatic heterocycles. The van der Waals surface area contributed by atoms with Gasteiger partial charge in [0.05, 0.1) is 22.8 Å². The summed E-state index contributed by atoms with van der Waals surface area (Å²) in [4.78, 5) is 20.0. The van der Waals surface area contributed by atoms with E-state index in [0.717, 1.165) is 28.1 Å². The zero-order valence-electron chi connectivity index (χ0n) is 19.4. The van der Waals surface area contributed by atoms with Gasteiger partial charge in [0, 0.05) is 42.1 Å². The number of alkyl halides is 2. The molecule has 0 radical (unpaired) electrons. The first-order chi connectivity index (χ1) is 17.5. The molecular formula is C29H24ClF2N3O. The third kappa shape index (κ3) is 4.95. The van der Waals surface area contributed by atoms with Crippen molar-refractivity contribution in [2.45, 2.75) is 12.6 Å². The van der Waals surface area contributed by atoms with Crippen molar-refractivity contribution in [3.8, 4) is 0 Å². The summed E-state index contributed by atoms with van der Waals surface area (Å²) in [6.45, 7) is 0.854. The van der Waals surface area contributed by atoms with Gasteiger partial charge in [0.1, 0.15) is 12.0 Å². The fourth-order valence-electron chi connectivity index (χ4n) is 4.41. The molecule has 1 amide bonds. The maximum Gasteiger partial charge on any atom is 0.251 e. The number of rotatable bonds is 6. The van der Waals surface area contributed by atoms with E-state index in [0.29, 0.717) is 42.4 Å². The molecular weight excluding hydrogens is 480 g/mol. The molecule has 4 nitrogen and oxygen atoms in total. The number of aliphatic imine (C=N–C) groups is 1. The van der Waals surface area contributed by atoms with Crippen LogP contribution in [0.25, 0.3) is 0 Å². The Labute approximate surface area is 213 Å². The van der Waals surface area contributed by atoms with Gasteiger partial charge in [-0.3, -0.25) is 4.79 Å². The minimum atomic E-state index is -0.970. The van der Waals surface area contributed by atoms with Gasteiger partial charge in [-0.05, 0) is 54.1 Å². The van der Waals surface area contributed by atoms with Crippen molar-refractivity contribution in [2.75, 3.05) is 23.9 Å². The summed E-state index contributed by atoms with van der Waals surface area (Å²) >= 11 is 6.18. The van der Waals surface area contributed by atoms with Crippen LogP contribution in [0, 0.1) is 5.82 Å². The summed E-state index contributed by atoms with van der Waals surface area (Å²) in [6.07, 6.45) is 4.34. The third-order valence-electron chi connectivity index (χ3n) is 6.21. The van der Waals surface area contributed by atoms with Gasteiger partial charge in [-0.25, -0.2) is 13.8 Å². The summed E-state index contributed by atoms with van der Waals surface area (Å²) in [5.74, 6) is -0.183. The van der Waals surface area contributed by atoms with Crippen LogP contribution in [0.15, 0.2) is 95.5 Å². The van der Waals surface area contributed by atoms with E-state index >= 15 is 0 Å². The lowest BCUT2D eigenvalue weighted by molar-refractivity contribution is 0.0957. The highest BCUT2D eigenvalue weighted by molar-refractivity contribution is 6.20. The molecule has 2 aliphatic rings. The van der Waals surface area contributed by atoms with E-state index < -0.39 is 6.17 Å². The first kappa shape index (κ1) is 23.9. The number of para-hydroxylation sites is 1. The van der Waals surface area contributed by atoms with Crippen LogP contribution in [0.5, 0.6) is 0 Å². The van der Waals surface area contributed by atoms with Crippen LogP contribution in [0.4, 0.5) is 25.8 Å². The Morgan fingerprint density at radius 1 is 1.08 bits per heavy atom. The Morgan fingerprint density at radius 2 is 1.89 bits per heavy atom. The van der Waals surface area contributed by atoms with E-state index in [2.05, 4.69) is 10.2 Å². The van der Waals surface area contributed by atoms with Crippen molar-refractivity contribution in [1.29, 1.82) is 0 Å². The molecule has 1 N–H and O–H groups in total. The molecule has 0 fully saturated rings. The molecule has 5 rings (SSSR count). The second kappa shape index (κ2) is 10.5. The van der Waals surface area contributed by atoms with Crippen molar-refractivity contribution < 1.29 is 13.6 Å². The highest BCUT2D eigenvalue weighted by atomic mass is 35.5. The smallest absolute Gasteiger partial charge is 0.251 e. The van der Waals surface area contributed by atoms with Crippen LogP contribution in [-0.2, 0) is 0 Å². The number of nitrogens with zero attached hydrogens (tertiary/aromatic N) is 2. The second-order valence-corrected chi connectivity index (χ2v) is 8.98. The number of anilines is 2. The maximum atomic E-state index is 13.7. The Bertz CT molecular complexity index is 1380. The number of carbonyl (C=O) groups excluding carboxylic acids is 1. The molecule has 0 saturated heterocycles. The Hall–Kier alpha value is -3.77. The molecule has 7 heteroatoms. The number of hydrogen-bond donors (Lipinski definition) is 1. The van der Waals surface area contributed by atoms with Crippen LogP contribution < -0.4 is 10.2 Å². The van der Waals surface area contributed by atoms with Gasteiger partial charge in [-0.15, -0.1) is 11.6 Å². The van der Waals surface area contributed by atoms with Gasteiger partial charge in [0.15, 0.2) is 0 Å². The molecule has 0 bridgehead atoms. The summed E-state index contributed by atoms with van der Waals surface area (Å²) in [6, 6.07) is 19.5. The molecule has 36 heavy (non-hydrogen) atoms. The van der Waals surface area contributed by atoms with Gasteiger partial charge in [-0.2, -0.15) is 0 Å². The average Bonchev–Trinajstić information content (AvgIpc) is 3.03. The maximum absolute atomic E-state index is 13.7. The number of nitrogens with one attached hydrogen (secondary N) is 1. The lowest BCUT2D eigenvalue weighted by Crippen LogP contribution is -2.26. The molecule has 1 heterocycles. The Kier molecular flexibility index (Phi) is 6.96. The van der Waals surface area contributed by atoms with E-state index in [1.54, 1.807) is 36.4 Å². The highest BCUT2D eigenvalue weighted by Crippen LogP contribution is 2.41. The number of benzene rings is 3. The van der Waals surface area contributed by atoms with Crippen LogP contribution in [0.2, 0.25) is 0 Å². The molecule has 3 aromatic rings. The van der Waals surface area contributed by atoms with E-state index in [1.165, 1.54) is 18.2 Å². The van der Waals surface area contributed by atoms with Gasteiger partial charge < -0.3 is 10.2 Å². The van der Waals surface area contributed by atoms with Gasteiger partial charge >= 0.3 is 0 Å². The monoisotopic (exact) mass is 503 g/mol. The van der Waals surface area contributed by atoms with E-state index in [9.17, 15) is 13.6 Å². The molecule has 1 aliphatic carbocycles. The Balaban J connectivity index is 1.54. The van der Waals surface area contributed by atoms with Crippen molar-refractivity contribution in [2.24, 2.45) is 4.99 Å². The van der Waals surface area contributed by atoms with Crippen LogP contribution in [0.1, 0.15) is 27.9 Å². The first-order valence-corrected chi connectivity index (χ1v) is 12.3. The Morgan fingerprint density at radius 3 is 2.64 bits per heavy atom.